The third-order valence-corrected chi connectivity index (χ3v) is 11.0. The van der Waals surface area contributed by atoms with E-state index in [0.717, 1.165) is 22.5 Å². The average molecular weight is 616 g/mol. The van der Waals surface area contributed by atoms with E-state index < -0.39 is 17.5 Å². The summed E-state index contributed by atoms with van der Waals surface area (Å²) >= 11 is 6.25. The fourth-order valence-electron chi connectivity index (χ4n) is 4.92. The minimum Gasteiger partial charge on any atom is -0.296 e. The van der Waals surface area contributed by atoms with E-state index in [-0.39, 0.29) is 0 Å². The van der Waals surface area contributed by atoms with Gasteiger partial charge < -0.3 is 0 Å². The van der Waals surface area contributed by atoms with Crippen LogP contribution < -0.4 is 35.3 Å². The summed E-state index contributed by atoms with van der Waals surface area (Å²) in [5.41, 5.74) is 3.15. The van der Waals surface area contributed by atoms with Crippen LogP contribution in [0.1, 0.15) is 0 Å². The van der Waals surface area contributed by atoms with Gasteiger partial charge in [0.25, 0.3) is 0 Å². The molecule has 6 rings (SSSR count). The van der Waals surface area contributed by atoms with Gasteiger partial charge in [0.15, 0.2) is 7.26 Å². The molecule has 0 atom stereocenters. The van der Waals surface area contributed by atoms with Crippen LogP contribution in [0.2, 0.25) is 5.02 Å². The molecule has 0 radical (unpaired) electrons. The molecule has 1 heterocycles. The van der Waals surface area contributed by atoms with E-state index in [1.54, 1.807) is 0 Å². The molecule has 5 aromatic carbocycles. The third kappa shape index (κ3) is 6.62. The predicted octanol–water partition coefficient (Wildman–Crippen LogP) is 2.69. The molecular weight excluding hydrogens is 590 g/mol. The van der Waals surface area contributed by atoms with Gasteiger partial charge in [0, 0.05) is 16.3 Å². The first kappa shape index (κ1) is 29.6. The Morgan fingerprint density at radius 3 is 1.38 bits per heavy atom. The van der Waals surface area contributed by atoms with Gasteiger partial charge in [0.2, 0.25) is 5.44 Å². The van der Waals surface area contributed by atoms with Gasteiger partial charge in [-0.1, -0.05) is 96.5 Å². The predicted molar refractivity (Wildman–Crippen MR) is 161 cm³/mol. The summed E-state index contributed by atoms with van der Waals surface area (Å²) in [7, 11) is -7.01. The molecule has 0 unspecified atom stereocenters. The van der Waals surface area contributed by atoms with Crippen LogP contribution in [0.3, 0.4) is 0 Å². The maximum absolute atomic E-state index is 8.60. The van der Waals surface area contributed by atoms with Crippen molar-refractivity contribution in [3.63, 3.8) is 0 Å². The normalized spacial score (nSPS) is 11.5. The van der Waals surface area contributed by atoms with E-state index in [0.29, 0.717) is 5.02 Å². The standard InChI is InChI=1S/C33H25ClN2P.ClHO4/c34-27-21-23-28(24-22-27)36-25-32(35-33(36)26-13-5-1-6-14-26)37(29-15-7-2-8-16-29,30-17-9-3-10-18-30)31-19-11-4-12-20-31;2-1(3,4)5/h1-25H;(H,2,3,4,5)/q+1;. The van der Waals surface area contributed by atoms with Crippen LogP contribution in [0.25, 0.3) is 17.1 Å². The summed E-state index contributed by atoms with van der Waals surface area (Å²) in [5, 5.41) is 4.53. The minimum absolute atomic E-state index is 0.713. The van der Waals surface area contributed by atoms with Gasteiger partial charge in [-0.15, -0.1) is 0 Å². The Bertz CT molecular complexity index is 1610. The Balaban J connectivity index is 0.000000652. The van der Waals surface area contributed by atoms with E-state index in [1.807, 2.05) is 30.3 Å². The second-order valence-corrected chi connectivity index (χ2v) is 13.8. The summed E-state index contributed by atoms with van der Waals surface area (Å²) in [6, 6.07) is 50.8. The molecule has 6 nitrogen and oxygen atoms in total. The number of imidazole rings is 1. The van der Waals surface area contributed by atoms with Gasteiger partial charge in [-0.25, -0.2) is 0 Å². The number of hydrogen-bond donors (Lipinski definition) is 1. The maximum atomic E-state index is 8.60. The molecule has 9 heteroatoms. The summed E-state index contributed by atoms with van der Waals surface area (Å²) in [4.78, 5) is 5.46. The van der Waals surface area contributed by atoms with Crippen LogP contribution in [-0.2, 0) is 0 Å². The van der Waals surface area contributed by atoms with Gasteiger partial charge in [-0.2, -0.15) is 19.0 Å². The highest BCUT2D eigenvalue weighted by molar-refractivity contribution is 8.01. The molecule has 0 aliphatic rings. The lowest BCUT2D eigenvalue weighted by molar-refractivity contribution is -1.92. The average Bonchev–Trinajstić information content (AvgIpc) is 3.45. The Kier molecular flexibility index (Phi) is 9.17. The fourth-order valence-corrected chi connectivity index (χ4v) is 9.12. The summed E-state index contributed by atoms with van der Waals surface area (Å²) < 4.78 is 34.9. The lowest BCUT2D eigenvalue weighted by Crippen LogP contribution is -2.58. The topological polar surface area (TPSA) is 107 Å². The highest BCUT2D eigenvalue weighted by atomic mass is 35.7. The van der Waals surface area contributed by atoms with Crippen molar-refractivity contribution < 1.29 is 28.9 Å². The molecule has 42 heavy (non-hydrogen) atoms. The highest BCUT2D eigenvalue weighted by Gasteiger charge is 2.50. The first-order chi connectivity index (χ1) is 20.3. The van der Waals surface area contributed by atoms with Gasteiger partial charge in [-0.3, -0.25) is 4.57 Å². The fraction of sp³-hybridized carbons (Fsp3) is 0. The molecule has 1 aromatic heterocycles. The molecule has 1 N–H and O–H groups in total. The van der Waals surface area contributed by atoms with Gasteiger partial charge in [0.1, 0.15) is 21.7 Å². The molecule has 210 valence electrons. The van der Waals surface area contributed by atoms with Crippen LogP contribution in [0, 0.1) is 10.2 Å². The second-order valence-electron chi connectivity index (χ2n) is 9.21. The smallest absolute Gasteiger partial charge is 0.216 e. The zero-order valence-corrected chi connectivity index (χ0v) is 24.6. The number of aromatic nitrogens is 2. The van der Waals surface area contributed by atoms with E-state index in [9.17, 15) is 0 Å². The zero-order chi connectivity index (χ0) is 29.6. The summed E-state index contributed by atoms with van der Waals surface area (Å²) in [6.07, 6.45) is 2.23. The van der Waals surface area contributed by atoms with Crippen molar-refractivity contribution in [3.8, 4) is 17.1 Å². The molecule has 0 aliphatic carbocycles. The van der Waals surface area contributed by atoms with Crippen LogP contribution in [-0.4, -0.2) is 14.2 Å². The number of benzene rings is 5. The SMILES string of the molecule is Clc1ccc(-n2cc([P+](c3ccccc3)(c3ccccc3)c3ccccc3)nc2-c2ccccc2)cc1.[O-][Cl+3]([O-])([O-])O. The number of nitrogens with zero attached hydrogens (tertiary/aromatic N) is 2. The van der Waals surface area contributed by atoms with Crippen LogP contribution >= 0.6 is 18.9 Å². The van der Waals surface area contributed by atoms with Crippen molar-refractivity contribution in [1.82, 2.24) is 9.55 Å². The molecule has 0 amide bonds. The van der Waals surface area contributed by atoms with Gasteiger partial charge in [0.05, 0.1) is 21.1 Å². The van der Waals surface area contributed by atoms with Crippen LogP contribution in [0.15, 0.2) is 152 Å². The van der Waals surface area contributed by atoms with E-state index in [2.05, 4.69) is 126 Å². The van der Waals surface area contributed by atoms with Crippen molar-refractivity contribution >= 4 is 40.2 Å². The molecule has 0 saturated heterocycles. The maximum Gasteiger partial charge on any atom is 0.216 e. The lowest BCUT2D eigenvalue weighted by atomic mass is 10.2. The first-order valence-corrected chi connectivity index (χ1v) is 16.3. The summed E-state index contributed by atoms with van der Waals surface area (Å²) in [6.45, 7) is 0. The Morgan fingerprint density at radius 1 is 0.595 bits per heavy atom. The highest BCUT2D eigenvalue weighted by Crippen LogP contribution is 2.54. The molecule has 6 aromatic rings. The van der Waals surface area contributed by atoms with Gasteiger partial charge in [-0.05, 0) is 60.7 Å². The van der Waals surface area contributed by atoms with Crippen molar-refractivity contribution in [2.24, 2.45) is 0 Å². The number of rotatable bonds is 6. The largest absolute Gasteiger partial charge is 0.296 e. The van der Waals surface area contributed by atoms with Crippen molar-refractivity contribution in [2.75, 3.05) is 0 Å². The van der Waals surface area contributed by atoms with Crippen LogP contribution in [0.4, 0.5) is 0 Å². The first-order valence-electron chi connectivity index (χ1n) is 12.9. The number of halogens is 2. The third-order valence-electron chi connectivity index (χ3n) is 6.60. The molecule has 0 spiro atoms. The van der Waals surface area contributed by atoms with Crippen molar-refractivity contribution in [2.45, 2.75) is 0 Å². The molecule has 0 bridgehead atoms. The van der Waals surface area contributed by atoms with Crippen molar-refractivity contribution in [1.29, 1.82) is 0 Å². The van der Waals surface area contributed by atoms with Crippen molar-refractivity contribution in [3.05, 3.63) is 157 Å². The van der Waals surface area contributed by atoms with E-state index >= 15 is 0 Å². The van der Waals surface area contributed by atoms with Gasteiger partial charge >= 0.3 is 0 Å². The monoisotopic (exact) mass is 615 g/mol. The molecule has 0 fully saturated rings. The summed E-state index contributed by atoms with van der Waals surface area (Å²) in [5.74, 6) is 0.907. The molecule has 0 saturated carbocycles. The zero-order valence-electron chi connectivity index (χ0n) is 22.2. The minimum atomic E-state index is -4.69. The van der Waals surface area contributed by atoms with Crippen LogP contribution in [0.5, 0.6) is 0 Å². The molecular formula is C33H26Cl2N2O4P+. The number of hydrogen-bond acceptors (Lipinski definition) is 5. The molecule has 0 aliphatic heterocycles. The Hall–Kier alpha value is -3.84. The second kappa shape index (κ2) is 13.0. The van der Waals surface area contributed by atoms with E-state index in [4.69, 9.17) is 35.2 Å². The Labute approximate surface area is 251 Å². The quantitative estimate of drug-likeness (QED) is 0.290. The lowest BCUT2D eigenvalue weighted by Gasteiger charge is -2.25. The van der Waals surface area contributed by atoms with E-state index in [1.165, 1.54) is 15.9 Å². The Morgan fingerprint density at radius 2 is 0.976 bits per heavy atom.